The van der Waals surface area contributed by atoms with E-state index in [1.807, 2.05) is 6.07 Å². The summed E-state index contributed by atoms with van der Waals surface area (Å²) >= 11 is 0. The van der Waals surface area contributed by atoms with Gasteiger partial charge in [0, 0.05) is 6.04 Å². The van der Waals surface area contributed by atoms with E-state index in [4.69, 9.17) is 10.00 Å². The summed E-state index contributed by atoms with van der Waals surface area (Å²) in [6.07, 6.45) is 3.98. The van der Waals surface area contributed by atoms with Crippen LogP contribution >= 0.6 is 0 Å². The molecule has 1 aliphatic rings. The summed E-state index contributed by atoms with van der Waals surface area (Å²) in [7, 11) is 0. The maximum atomic E-state index is 12.5. The Hall–Kier alpha value is -2.86. The number of benzene rings is 1. The van der Waals surface area contributed by atoms with Crippen molar-refractivity contribution in [1.29, 1.82) is 10.5 Å². The SMILES string of the molecule is CC(Oc1ccccc1C#N)C(=O)C(C#N)C(=O)NC1CCCCC1. The highest BCUT2D eigenvalue weighted by atomic mass is 16.5. The van der Waals surface area contributed by atoms with Crippen molar-refractivity contribution in [1.82, 2.24) is 5.32 Å². The molecule has 0 radical (unpaired) electrons. The number of hydrogen-bond acceptors (Lipinski definition) is 5. The van der Waals surface area contributed by atoms with Gasteiger partial charge in [-0.1, -0.05) is 31.4 Å². The van der Waals surface area contributed by atoms with E-state index in [9.17, 15) is 14.9 Å². The first-order valence-corrected chi connectivity index (χ1v) is 8.46. The maximum absolute atomic E-state index is 12.5. The van der Waals surface area contributed by atoms with Crippen LogP contribution in [0.25, 0.3) is 0 Å². The lowest BCUT2D eigenvalue weighted by molar-refractivity contribution is -0.135. The van der Waals surface area contributed by atoms with Crippen molar-refractivity contribution in [3.05, 3.63) is 29.8 Å². The van der Waals surface area contributed by atoms with Gasteiger partial charge in [0.1, 0.15) is 11.8 Å². The third-order valence-corrected chi connectivity index (χ3v) is 4.34. The van der Waals surface area contributed by atoms with Gasteiger partial charge < -0.3 is 10.1 Å². The second kappa shape index (κ2) is 8.84. The molecule has 2 rings (SSSR count). The molecule has 0 spiro atoms. The van der Waals surface area contributed by atoms with E-state index in [0.29, 0.717) is 5.56 Å². The van der Waals surface area contributed by atoms with Gasteiger partial charge >= 0.3 is 0 Å². The standard InChI is InChI=1S/C19H21N3O3/c1-13(25-17-10-6-5-7-14(17)11-20)18(23)16(12-21)19(24)22-15-8-3-2-4-9-15/h5-7,10,13,15-16H,2-4,8-9H2,1H3,(H,22,24). The summed E-state index contributed by atoms with van der Waals surface area (Å²) < 4.78 is 5.52. The van der Waals surface area contributed by atoms with E-state index < -0.39 is 23.7 Å². The van der Waals surface area contributed by atoms with Crippen molar-refractivity contribution in [3.63, 3.8) is 0 Å². The number of ketones is 1. The van der Waals surface area contributed by atoms with Crippen LogP contribution in [-0.2, 0) is 9.59 Å². The van der Waals surface area contributed by atoms with Gasteiger partial charge in [-0.2, -0.15) is 10.5 Å². The second-order valence-electron chi connectivity index (χ2n) is 6.18. The second-order valence-corrected chi connectivity index (χ2v) is 6.18. The summed E-state index contributed by atoms with van der Waals surface area (Å²) in [5, 5.41) is 21.1. The fraction of sp³-hybridized carbons (Fsp3) is 0.474. The van der Waals surface area contributed by atoms with Crippen LogP contribution in [0.1, 0.15) is 44.6 Å². The van der Waals surface area contributed by atoms with Crippen molar-refractivity contribution in [2.45, 2.75) is 51.2 Å². The van der Waals surface area contributed by atoms with E-state index in [2.05, 4.69) is 5.32 Å². The number of carbonyl (C=O) groups is 2. The number of carbonyl (C=O) groups excluding carboxylic acids is 2. The first-order valence-electron chi connectivity index (χ1n) is 8.46. The van der Waals surface area contributed by atoms with Gasteiger partial charge in [-0.25, -0.2) is 0 Å². The third-order valence-electron chi connectivity index (χ3n) is 4.34. The summed E-state index contributed by atoms with van der Waals surface area (Å²) in [5.74, 6) is -2.33. The van der Waals surface area contributed by atoms with Crippen LogP contribution in [0.15, 0.2) is 24.3 Å². The van der Waals surface area contributed by atoms with Gasteiger partial charge in [-0.3, -0.25) is 9.59 Å². The molecule has 1 N–H and O–H groups in total. The van der Waals surface area contributed by atoms with E-state index >= 15 is 0 Å². The number of nitrogens with one attached hydrogen (secondary N) is 1. The lowest BCUT2D eigenvalue weighted by Gasteiger charge is -2.24. The lowest BCUT2D eigenvalue weighted by Crippen LogP contribution is -2.44. The number of nitriles is 2. The van der Waals surface area contributed by atoms with Crippen LogP contribution in [0.4, 0.5) is 0 Å². The molecular weight excluding hydrogens is 318 g/mol. The van der Waals surface area contributed by atoms with Gasteiger partial charge in [-0.15, -0.1) is 0 Å². The number of para-hydroxylation sites is 1. The van der Waals surface area contributed by atoms with Crippen molar-refractivity contribution < 1.29 is 14.3 Å². The molecule has 1 fully saturated rings. The summed E-state index contributed by atoms with van der Waals surface area (Å²) in [4.78, 5) is 24.8. The fourth-order valence-electron chi connectivity index (χ4n) is 2.93. The number of amides is 1. The number of Topliss-reactive ketones (excluding diaryl/α,β-unsaturated/α-hetero) is 1. The molecule has 1 saturated carbocycles. The number of nitrogens with zero attached hydrogens (tertiary/aromatic N) is 2. The lowest BCUT2D eigenvalue weighted by atomic mass is 9.94. The van der Waals surface area contributed by atoms with Crippen molar-refractivity contribution in [3.8, 4) is 17.9 Å². The molecule has 0 aliphatic heterocycles. The Balaban J connectivity index is 2.01. The third kappa shape index (κ3) is 4.81. The van der Waals surface area contributed by atoms with Crippen LogP contribution in [-0.4, -0.2) is 23.8 Å². The molecule has 0 aromatic heterocycles. The average molecular weight is 339 g/mol. The normalized spacial score (nSPS) is 16.8. The van der Waals surface area contributed by atoms with E-state index in [1.54, 1.807) is 30.3 Å². The Labute approximate surface area is 147 Å². The molecule has 0 saturated heterocycles. The fourth-order valence-corrected chi connectivity index (χ4v) is 2.93. The smallest absolute Gasteiger partial charge is 0.245 e. The first kappa shape index (κ1) is 18.5. The Kier molecular flexibility index (Phi) is 6.54. The molecule has 6 heteroatoms. The van der Waals surface area contributed by atoms with Gasteiger partial charge in [0.2, 0.25) is 5.91 Å². The molecule has 2 atom stereocenters. The van der Waals surface area contributed by atoms with Gasteiger partial charge in [0.25, 0.3) is 0 Å². The minimum Gasteiger partial charge on any atom is -0.482 e. The molecular formula is C19H21N3O3. The Morgan fingerprint density at radius 1 is 1.20 bits per heavy atom. The van der Waals surface area contributed by atoms with Crippen LogP contribution in [0.2, 0.25) is 0 Å². The van der Waals surface area contributed by atoms with E-state index in [1.165, 1.54) is 6.92 Å². The number of ether oxygens (including phenoxy) is 1. The quantitative estimate of drug-likeness (QED) is 0.802. The van der Waals surface area contributed by atoms with Gasteiger partial charge in [0.05, 0.1) is 11.6 Å². The predicted octanol–water partition coefficient (Wildman–Crippen LogP) is 2.48. The summed E-state index contributed by atoms with van der Waals surface area (Å²) in [5.41, 5.74) is 0.294. The van der Waals surface area contributed by atoms with Crippen molar-refractivity contribution in [2.24, 2.45) is 5.92 Å². The van der Waals surface area contributed by atoms with Crippen LogP contribution in [0, 0.1) is 28.6 Å². The van der Waals surface area contributed by atoms with Crippen molar-refractivity contribution in [2.75, 3.05) is 0 Å². The van der Waals surface area contributed by atoms with E-state index in [-0.39, 0.29) is 11.8 Å². The highest BCUT2D eigenvalue weighted by molar-refractivity contribution is 6.05. The molecule has 25 heavy (non-hydrogen) atoms. The van der Waals surface area contributed by atoms with Crippen molar-refractivity contribution >= 4 is 11.7 Å². The molecule has 1 aromatic carbocycles. The highest BCUT2D eigenvalue weighted by Gasteiger charge is 2.33. The Morgan fingerprint density at radius 3 is 2.52 bits per heavy atom. The zero-order valence-electron chi connectivity index (χ0n) is 14.2. The molecule has 2 unspecified atom stereocenters. The summed E-state index contributed by atoms with van der Waals surface area (Å²) in [6, 6.07) is 10.3. The molecule has 130 valence electrons. The molecule has 1 aliphatic carbocycles. The molecule has 0 bridgehead atoms. The molecule has 6 nitrogen and oxygen atoms in total. The van der Waals surface area contributed by atoms with Gasteiger partial charge in [0.15, 0.2) is 17.8 Å². The minimum atomic E-state index is -1.41. The van der Waals surface area contributed by atoms with Crippen LogP contribution in [0.3, 0.4) is 0 Å². The largest absolute Gasteiger partial charge is 0.482 e. The van der Waals surface area contributed by atoms with Gasteiger partial charge in [-0.05, 0) is 31.9 Å². The maximum Gasteiger partial charge on any atom is 0.245 e. The highest BCUT2D eigenvalue weighted by Crippen LogP contribution is 2.20. The topological polar surface area (TPSA) is 103 Å². The Morgan fingerprint density at radius 2 is 1.88 bits per heavy atom. The molecule has 1 amide bonds. The number of hydrogen-bond donors (Lipinski definition) is 1. The Bertz CT molecular complexity index is 711. The number of rotatable bonds is 6. The average Bonchev–Trinajstić information content (AvgIpc) is 2.63. The van der Waals surface area contributed by atoms with Crippen LogP contribution in [0.5, 0.6) is 5.75 Å². The minimum absolute atomic E-state index is 0.0282. The molecule has 1 aromatic rings. The van der Waals surface area contributed by atoms with Crippen LogP contribution < -0.4 is 10.1 Å². The summed E-state index contributed by atoms with van der Waals surface area (Å²) in [6.45, 7) is 1.48. The molecule has 0 heterocycles. The monoisotopic (exact) mass is 339 g/mol. The zero-order chi connectivity index (χ0) is 18.2. The van der Waals surface area contributed by atoms with E-state index in [0.717, 1.165) is 32.1 Å². The first-order chi connectivity index (χ1) is 12.1. The zero-order valence-corrected chi connectivity index (χ0v) is 14.2. The predicted molar refractivity (Wildman–Crippen MR) is 90.4 cm³/mol.